The molecule has 2 aromatic rings. The van der Waals surface area contributed by atoms with Gasteiger partial charge in [-0.2, -0.15) is 0 Å². The summed E-state index contributed by atoms with van der Waals surface area (Å²) < 4.78 is 8.88. The molecule has 2 aromatic heterocycles. The molecule has 1 saturated heterocycles. The molecule has 0 amide bonds. The zero-order chi connectivity index (χ0) is 16.2. The number of hydrogen-bond acceptors (Lipinski definition) is 5. The van der Waals surface area contributed by atoms with E-state index in [9.17, 15) is 5.11 Å². The Morgan fingerprint density at radius 2 is 2.35 bits per heavy atom. The number of aryl methyl sites for hydroxylation is 1. The van der Waals surface area contributed by atoms with Gasteiger partial charge in [-0.3, -0.25) is 0 Å². The number of piperidine rings is 1. The minimum absolute atomic E-state index is 0.129. The average molecular weight is 354 g/mol. The van der Waals surface area contributed by atoms with Crippen molar-refractivity contribution in [2.24, 2.45) is 7.05 Å². The van der Waals surface area contributed by atoms with Crippen LogP contribution in [-0.2, 0) is 17.4 Å². The predicted molar refractivity (Wildman–Crippen MR) is 89.7 cm³/mol. The van der Waals surface area contributed by atoms with Crippen LogP contribution < -0.4 is 5.32 Å². The summed E-state index contributed by atoms with van der Waals surface area (Å²) in [6.45, 7) is 2.49. The third kappa shape index (κ3) is 2.62. The van der Waals surface area contributed by atoms with Crippen molar-refractivity contribution in [1.82, 2.24) is 14.9 Å². The molecule has 2 N–H and O–H groups in total. The first kappa shape index (κ1) is 15.6. The summed E-state index contributed by atoms with van der Waals surface area (Å²) in [5, 5.41) is 13.9. The lowest BCUT2D eigenvalue weighted by atomic mass is 9.79. The van der Waals surface area contributed by atoms with E-state index in [1.807, 2.05) is 30.2 Å². The van der Waals surface area contributed by atoms with E-state index in [-0.39, 0.29) is 11.6 Å². The number of rotatable bonds is 1. The normalized spacial score (nSPS) is 33.8. The molecule has 4 atom stereocenters. The lowest BCUT2D eigenvalue weighted by molar-refractivity contribution is -0.129. The van der Waals surface area contributed by atoms with Crippen LogP contribution in [0.1, 0.15) is 48.0 Å². The fourth-order valence-electron chi connectivity index (χ4n) is 3.85. The van der Waals surface area contributed by atoms with E-state index < -0.39 is 6.10 Å². The van der Waals surface area contributed by atoms with Gasteiger partial charge in [-0.15, -0.1) is 11.3 Å². The molecule has 5 nitrogen and oxygen atoms in total. The molecule has 1 spiro atoms. The van der Waals surface area contributed by atoms with Crippen LogP contribution >= 0.6 is 22.9 Å². The van der Waals surface area contributed by atoms with Crippen LogP contribution in [0.4, 0.5) is 0 Å². The van der Waals surface area contributed by atoms with E-state index in [1.54, 1.807) is 0 Å². The summed E-state index contributed by atoms with van der Waals surface area (Å²) in [5.41, 5.74) is 1.57. The molecule has 0 bridgehead atoms. The highest BCUT2D eigenvalue weighted by Crippen LogP contribution is 2.51. The van der Waals surface area contributed by atoms with Gasteiger partial charge in [-0.25, -0.2) is 4.98 Å². The largest absolute Gasteiger partial charge is 0.386 e. The number of hydrogen-bond donors (Lipinski definition) is 2. The number of imidazole rings is 1. The molecular formula is C16H20ClN3O2S. The highest BCUT2D eigenvalue weighted by atomic mass is 35.5. The smallest absolute Gasteiger partial charge is 0.106 e. The minimum atomic E-state index is -0.585. The molecule has 124 valence electrons. The van der Waals surface area contributed by atoms with Crippen molar-refractivity contribution in [3.8, 4) is 0 Å². The van der Waals surface area contributed by atoms with Gasteiger partial charge >= 0.3 is 0 Å². The second-order valence-electron chi connectivity index (χ2n) is 6.65. The Morgan fingerprint density at radius 1 is 1.52 bits per heavy atom. The number of aliphatic hydroxyl groups excluding tert-OH is 1. The van der Waals surface area contributed by atoms with Crippen LogP contribution in [0.3, 0.4) is 0 Å². The number of thiophene rings is 1. The van der Waals surface area contributed by atoms with Crippen molar-refractivity contribution in [2.75, 3.05) is 6.61 Å². The highest BCUT2D eigenvalue weighted by molar-refractivity contribution is 7.16. The van der Waals surface area contributed by atoms with E-state index in [2.05, 4.69) is 17.2 Å². The van der Waals surface area contributed by atoms with Gasteiger partial charge in [-0.1, -0.05) is 11.6 Å². The van der Waals surface area contributed by atoms with E-state index in [0.29, 0.717) is 17.0 Å². The Balaban J connectivity index is 1.74. The number of aromatic nitrogens is 2. The van der Waals surface area contributed by atoms with Crippen LogP contribution in [0.2, 0.25) is 4.34 Å². The number of halogens is 1. The third-order valence-electron chi connectivity index (χ3n) is 4.76. The Labute approximate surface area is 144 Å². The maximum atomic E-state index is 10.2. The maximum Gasteiger partial charge on any atom is 0.106 e. The lowest BCUT2D eigenvalue weighted by Crippen LogP contribution is -2.50. The molecule has 2 aliphatic heterocycles. The van der Waals surface area contributed by atoms with Gasteiger partial charge < -0.3 is 19.7 Å². The average Bonchev–Trinajstić information content (AvgIpc) is 3.10. The van der Waals surface area contributed by atoms with Gasteiger partial charge in [0.05, 0.1) is 29.0 Å². The molecule has 7 heteroatoms. The van der Waals surface area contributed by atoms with Gasteiger partial charge in [0.25, 0.3) is 0 Å². The topological polar surface area (TPSA) is 59.3 Å². The van der Waals surface area contributed by atoms with Crippen LogP contribution in [0.25, 0.3) is 0 Å². The first-order chi connectivity index (χ1) is 11.0. The molecular weight excluding hydrogens is 334 g/mol. The summed E-state index contributed by atoms with van der Waals surface area (Å²) in [4.78, 5) is 5.58. The molecule has 0 aromatic carbocycles. The van der Waals surface area contributed by atoms with E-state index in [0.717, 1.165) is 29.0 Å². The van der Waals surface area contributed by atoms with Crippen molar-refractivity contribution in [3.05, 3.63) is 39.1 Å². The molecule has 0 aliphatic carbocycles. The van der Waals surface area contributed by atoms with Crippen LogP contribution in [0, 0.1) is 0 Å². The molecule has 2 aliphatic rings. The molecule has 0 saturated carbocycles. The summed E-state index contributed by atoms with van der Waals surface area (Å²) in [6, 6.07) is 2.31. The zero-order valence-corrected chi connectivity index (χ0v) is 14.7. The number of aliphatic hydroxyl groups is 1. The van der Waals surface area contributed by atoms with Gasteiger partial charge in [0, 0.05) is 36.1 Å². The molecule has 4 rings (SSSR count). The number of nitrogens with one attached hydrogen (secondary N) is 1. The Hall–Kier alpha value is -0.920. The van der Waals surface area contributed by atoms with E-state index in [4.69, 9.17) is 16.3 Å². The Morgan fingerprint density at radius 3 is 3.09 bits per heavy atom. The van der Waals surface area contributed by atoms with Crippen molar-refractivity contribution < 1.29 is 9.84 Å². The van der Waals surface area contributed by atoms with Gasteiger partial charge in [0.2, 0.25) is 0 Å². The standard InChI is InChI=1S/C16H20ClN3O2S/c1-9-4-16(5-11(19-9)12-6-20(2)8-18-12)15-10(3-14(17)23-15)13(21)7-22-16/h3,6,8-9,11,13,19,21H,4-5,7H2,1-2H3. The minimum Gasteiger partial charge on any atom is -0.386 e. The van der Waals surface area contributed by atoms with E-state index >= 15 is 0 Å². The monoisotopic (exact) mass is 353 g/mol. The number of fused-ring (bicyclic) bond motifs is 2. The van der Waals surface area contributed by atoms with Gasteiger partial charge in [-0.05, 0) is 19.4 Å². The first-order valence-corrected chi connectivity index (χ1v) is 9.02. The summed E-state index contributed by atoms with van der Waals surface area (Å²) in [6.07, 6.45) is 4.95. The molecule has 23 heavy (non-hydrogen) atoms. The zero-order valence-electron chi connectivity index (χ0n) is 13.1. The van der Waals surface area contributed by atoms with Crippen molar-refractivity contribution in [3.63, 3.8) is 0 Å². The Kier molecular flexibility index (Phi) is 3.77. The maximum absolute atomic E-state index is 10.2. The quantitative estimate of drug-likeness (QED) is 0.827. The van der Waals surface area contributed by atoms with Crippen molar-refractivity contribution >= 4 is 22.9 Å². The molecule has 0 radical (unpaired) electrons. The SMILES string of the molecule is CC1CC2(CC(c3cn(C)cn3)N1)OCC(O)c1cc(Cl)sc12. The highest BCUT2D eigenvalue weighted by Gasteiger charge is 2.48. The lowest BCUT2D eigenvalue weighted by Gasteiger charge is -2.46. The van der Waals surface area contributed by atoms with E-state index in [1.165, 1.54) is 11.3 Å². The fourth-order valence-corrected chi connectivity index (χ4v) is 5.30. The second-order valence-corrected chi connectivity index (χ2v) is 8.33. The number of nitrogens with zero attached hydrogens (tertiary/aromatic N) is 2. The first-order valence-electron chi connectivity index (χ1n) is 7.82. The third-order valence-corrected chi connectivity index (χ3v) is 6.22. The van der Waals surface area contributed by atoms with Gasteiger partial charge in [0.1, 0.15) is 11.7 Å². The summed E-state index contributed by atoms with van der Waals surface area (Å²) in [7, 11) is 1.98. The van der Waals surface area contributed by atoms with Crippen molar-refractivity contribution in [2.45, 2.75) is 43.6 Å². The van der Waals surface area contributed by atoms with Crippen LogP contribution in [-0.4, -0.2) is 27.3 Å². The molecule has 4 heterocycles. The molecule has 1 fully saturated rings. The summed E-state index contributed by atoms with van der Waals surface area (Å²) in [5.74, 6) is 0. The number of ether oxygens (including phenoxy) is 1. The second kappa shape index (κ2) is 5.57. The summed E-state index contributed by atoms with van der Waals surface area (Å²) >= 11 is 7.76. The van der Waals surface area contributed by atoms with Crippen LogP contribution in [0.15, 0.2) is 18.6 Å². The van der Waals surface area contributed by atoms with Gasteiger partial charge in [0.15, 0.2) is 0 Å². The Bertz CT molecular complexity index is 731. The molecule has 4 unspecified atom stereocenters. The van der Waals surface area contributed by atoms with Crippen LogP contribution in [0.5, 0.6) is 0 Å². The predicted octanol–water partition coefficient (Wildman–Crippen LogP) is 2.91. The van der Waals surface area contributed by atoms with Crippen molar-refractivity contribution in [1.29, 1.82) is 0 Å². The fraction of sp³-hybridized carbons (Fsp3) is 0.562.